The Bertz CT molecular complexity index is 496. The van der Waals surface area contributed by atoms with Gasteiger partial charge in [-0.15, -0.1) is 0 Å². The van der Waals surface area contributed by atoms with E-state index in [1.807, 2.05) is 31.2 Å². The molecule has 18 heavy (non-hydrogen) atoms. The van der Waals surface area contributed by atoms with Crippen LogP contribution in [0.1, 0.15) is 24.2 Å². The van der Waals surface area contributed by atoms with Gasteiger partial charge in [-0.25, -0.2) is 0 Å². The van der Waals surface area contributed by atoms with Crippen LogP contribution in [0, 0.1) is 0 Å². The SMILES string of the molecule is CCNCc1nc(Cc2ccccc2OC)no1. The Morgan fingerprint density at radius 1 is 1.33 bits per heavy atom. The van der Waals surface area contributed by atoms with Crippen molar-refractivity contribution in [2.24, 2.45) is 0 Å². The number of methoxy groups -OCH3 is 1. The van der Waals surface area contributed by atoms with Crippen LogP contribution >= 0.6 is 0 Å². The third-order valence-electron chi connectivity index (χ3n) is 2.58. The molecule has 0 radical (unpaired) electrons. The first-order valence-corrected chi connectivity index (χ1v) is 5.97. The molecule has 0 fully saturated rings. The van der Waals surface area contributed by atoms with Crippen LogP contribution in [0.3, 0.4) is 0 Å². The van der Waals surface area contributed by atoms with E-state index in [0.717, 1.165) is 17.9 Å². The number of nitrogens with zero attached hydrogens (tertiary/aromatic N) is 2. The van der Waals surface area contributed by atoms with E-state index in [0.29, 0.717) is 24.7 Å². The summed E-state index contributed by atoms with van der Waals surface area (Å²) in [6.45, 7) is 3.52. The van der Waals surface area contributed by atoms with Crippen molar-refractivity contribution in [2.75, 3.05) is 13.7 Å². The monoisotopic (exact) mass is 247 g/mol. The summed E-state index contributed by atoms with van der Waals surface area (Å²) in [6.07, 6.45) is 0.611. The molecule has 0 atom stereocenters. The molecule has 2 aromatic rings. The van der Waals surface area contributed by atoms with Gasteiger partial charge in [-0.2, -0.15) is 4.98 Å². The summed E-state index contributed by atoms with van der Waals surface area (Å²) in [5, 5.41) is 7.10. The van der Waals surface area contributed by atoms with Gasteiger partial charge >= 0.3 is 0 Å². The first-order chi connectivity index (χ1) is 8.83. The van der Waals surface area contributed by atoms with Gasteiger partial charge in [-0.1, -0.05) is 30.3 Å². The highest BCUT2D eigenvalue weighted by Gasteiger charge is 2.09. The number of nitrogens with one attached hydrogen (secondary N) is 1. The second-order valence-electron chi connectivity index (χ2n) is 3.87. The van der Waals surface area contributed by atoms with E-state index in [4.69, 9.17) is 9.26 Å². The molecular formula is C13H17N3O2. The minimum Gasteiger partial charge on any atom is -0.496 e. The second kappa shape index (κ2) is 6.16. The molecule has 0 aliphatic carbocycles. The second-order valence-corrected chi connectivity index (χ2v) is 3.87. The third kappa shape index (κ3) is 3.07. The molecule has 0 saturated carbocycles. The van der Waals surface area contributed by atoms with Crippen molar-refractivity contribution in [3.05, 3.63) is 41.5 Å². The average molecular weight is 247 g/mol. The van der Waals surface area contributed by atoms with E-state index >= 15 is 0 Å². The van der Waals surface area contributed by atoms with Gasteiger partial charge in [0, 0.05) is 12.0 Å². The lowest BCUT2D eigenvalue weighted by molar-refractivity contribution is 0.364. The summed E-state index contributed by atoms with van der Waals surface area (Å²) in [4.78, 5) is 4.32. The normalized spacial score (nSPS) is 10.6. The maximum Gasteiger partial charge on any atom is 0.240 e. The maximum absolute atomic E-state index is 5.29. The van der Waals surface area contributed by atoms with Crippen LogP contribution < -0.4 is 10.1 Å². The molecular weight excluding hydrogens is 230 g/mol. The summed E-state index contributed by atoms with van der Waals surface area (Å²) in [6, 6.07) is 7.83. The number of rotatable bonds is 6. The molecule has 1 N–H and O–H groups in total. The largest absolute Gasteiger partial charge is 0.496 e. The lowest BCUT2D eigenvalue weighted by Crippen LogP contribution is -2.11. The predicted molar refractivity (Wildman–Crippen MR) is 67.5 cm³/mol. The number of hydrogen-bond donors (Lipinski definition) is 1. The van der Waals surface area contributed by atoms with Gasteiger partial charge in [0.15, 0.2) is 5.82 Å². The van der Waals surface area contributed by atoms with E-state index in [2.05, 4.69) is 15.5 Å². The van der Waals surface area contributed by atoms with Crippen molar-refractivity contribution < 1.29 is 9.26 Å². The molecule has 5 nitrogen and oxygen atoms in total. The quantitative estimate of drug-likeness (QED) is 0.843. The lowest BCUT2D eigenvalue weighted by atomic mass is 10.1. The Morgan fingerprint density at radius 2 is 2.17 bits per heavy atom. The van der Waals surface area contributed by atoms with Crippen LogP contribution in [0.4, 0.5) is 0 Å². The number of benzene rings is 1. The number of hydrogen-bond acceptors (Lipinski definition) is 5. The molecule has 0 bridgehead atoms. The molecule has 2 rings (SSSR count). The number of para-hydroxylation sites is 1. The van der Waals surface area contributed by atoms with Gasteiger partial charge in [0.2, 0.25) is 5.89 Å². The molecule has 0 amide bonds. The van der Waals surface area contributed by atoms with E-state index < -0.39 is 0 Å². The van der Waals surface area contributed by atoms with E-state index in [9.17, 15) is 0 Å². The Kier molecular flexibility index (Phi) is 4.30. The maximum atomic E-state index is 5.29. The fourth-order valence-electron chi connectivity index (χ4n) is 1.69. The van der Waals surface area contributed by atoms with Crippen LogP contribution in [0.5, 0.6) is 5.75 Å². The van der Waals surface area contributed by atoms with Gasteiger partial charge in [-0.3, -0.25) is 0 Å². The van der Waals surface area contributed by atoms with Crippen LogP contribution in [0.15, 0.2) is 28.8 Å². The highest BCUT2D eigenvalue weighted by molar-refractivity contribution is 5.35. The van der Waals surface area contributed by atoms with Crippen molar-refractivity contribution in [1.29, 1.82) is 0 Å². The molecule has 0 unspecified atom stereocenters. The van der Waals surface area contributed by atoms with E-state index in [1.54, 1.807) is 7.11 Å². The first-order valence-electron chi connectivity index (χ1n) is 5.97. The predicted octanol–water partition coefficient (Wildman–Crippen LogP) is 1.78. The average Bonchev–Trinajstić information content (AvgIpc) is 2.84. The fraction of sp³-hybridized carbons (Fsp3) is 0.385. The van der Waals surface area contributed by atoms with E-state index in [-0.39, 0.29) is 0 Å². The Hall–Kier alpha value is -1.88. The standard InChI is InChI=1S/C13H17N3O2/c1-3-14-9-13-15-12(16-18-13)8-10-6-4-5-7-11(10)17-2/h4-7,14H,3,8-9H2,1-2H3. The van der Waals surface area contributed by atoms with Crippen molar-refractivity contribution in [3.8, 4) is 5.75 Å². The van der Waals surface area contributed by atoms with Crippen LogP contribution in [-0.2, 0) is 13.0 Å². The molecule has 5 heteroatoms. The Balaban J connectivity index is 2.06. The lowest BCUT2D eigenvalue weighted by Gasteiger charge is -2.05. The van der Waals surface area contributed by atoms with Crippen LogP contribution in [-0.4, -0.2) is 23.8 Å². The summed E-state index contributed by atoms with van der Waals surface area (Å²) >= 11 is 0. The molecule has 0 aliphatic heterocycles. The van der Waals surface area contributed by atoms with Crippen molar-refractivity contribution in [1.82, 2.24) is 15.5 Å². The van der Waals surface area contributed by atoms with E-state index in [1.165, 1.54) is 0 Å². The van der Waals surface area contributed by atoms with Crippen LogP contribution in [0.25, 0.3) is 0 Å². The number of aromatic nitrogens is 2. The zero-order valence-electron chi connectivity index (χ0n) is 10.6. The molecule has 96 valence electrons. The zero-order valence-corrected chi connectivity index (χ0v) is 10.6. The molecule has 0 aliphatic rings. The minimum atomic E-state index is 0.607. The summed E-state index contributed by atoms with van der Waals surface area (Å²) in [5.41, 5.74) is 1.05. The summed E-state index contributed by atoms with van der Waals surface area (Å²) in [7, 11) is 1.66. The molecule has 1 aromatic heterocycles. The highest BCUT2D eigenvalue weighted by Crippen LogP contribution is 2.19. The van der Waals surface area contributed by atoms with Crippen molar-refractivity contribution in [3.63, 3.8) is 0 Å². The third-order valence-corrected chi connectivity index (χ3v) is 2.58. The summed E-state index contributed by atoms with van der Waals surface area (Å²) < 4.78 is 10.4. The van der Waals surface area contributed by atoms with Gasteiger partial charge in [0.05, 0.1) is 13.7 Å². The minimum absolute atomic E-state index is 0.607. The molecule has 0 spiro atoms. The smallest absolute Gasteiger partial charge is 0.240 e. The van der Waals surface area contributed by atoms with Crippen LogP contribution in [0.2, 0.25) is 0 Å². The fourth-order valence-corrected chi connectivity index (χ4v) is 1.69. The summed E-state index contributed by atoms with van der Waals surface area (Å²) in [5.74, 6) is 2.13. The van der Waals surface area contributed by atoms with Crippen molar-refractivity contribution in [2.45, 2.75) is 19.9 Å². The molecule has 1 heterocycles. The van der Waals surface area contributed by atoms with Gasteiger partial charge in [0.25, 0.3) is 0 Å². The topological polar surface area (TPSA) is 60.2 Å². The van der Waals surface area contributed by atoms with Crippen molar-refractivity contribution >= 4 is 0 Å². The highest BCUT2D eigenvalue weighted by atomic mass is 16.5. The Morgan fingerprint density at radius 3 is 2.94 bits per heavy atom. The first kappa shape index (κ1) is 12.6. The van der Waals surface area contributed by atoms with Gasteiger partial charge in [-0.05, 0) is 12.6 Å². The van der Waals surface area contributed by atoms with Gasteiger partial charge in [0.1, 0.15) is 5.75 Å². The zero-order chi connectivity index (χ0) is 12.8. The Labute approximate surface area is 106 Å². The molecule has 1 aromatic carbocycles. The van der Waals surface area contributed by atoms with Gasteiger partial charge < -0.3 is 14.6 Å². The number of ether oxygens (including phenoxy) is 1. The molecule has 0 saturated heterocycles.